The maximum atomic E-state index is 5.73. The fourth-order valence-electron chi connectivity index (χ4n) is 2.23. The third-order valence-corrected chi connectivity index (χ3v) is 4.35. The molecule has 126 valence electrons. The van der Waals surface area contributed by atoms with Crippen LogP contribution < -0.4 is 9.47 Å². The number of ether oxygens (including phenoxy) is 2. The van der Waals surface area contributed by atoms with Crippen molar-refractivity contribution in [2.24, 2.45) is 0 Å². The molecule has 0 aliphatic heterocycles. The summed E-state index contributed by atoms with van der Waals surface area (Å²) >= 11 is 1.61. The molecule has 1 aromatic carbocycles. The normalized spacial score (nSPS) is 10.8. The van der Waals surface area contributed by atoms with Crippen molar-refractivity contribution >= 4 is 11.8 Å². The molecule has 0 radical (unpaired) electrons. The fraction of sp³-hybridized carbons (Fsp3) is 0.294. The van der Waals surface area contributed by atoms with E-state index in [4.69, 9.17) is 13.9 Å². The number of hydrogen-bond acceptors (Lipinski definition) is 6. The molecule has 0 fully saturated rings. The second kappa shape index (κ2) is 7.92. The maximum absolute atomic E-state index is 5.73. The van der Waals surface area contributed by atoms with Crippen molar-refractivity contribution in [3.63, 3.8) is 0 Å². The number of rotatable bonds is 8. The van der Waals surface area contributed by atoms with Crippen molar-refractivity contribution in [1.82, 2.24) is 14.8 Å². The van der Waals surface area contributed by atoms with E-state index in [9.17, 15) is 0 Å². The zero-order valence-electron chi connectivity index (χ0n) is 13.6. The van der Waals surface area contributed by atoms with E-state index < -0.39 is 0 Å². The van der Waals surface area contributed by atoms with Gasteiger partial charge in [0.05, 0.1) is 20.0 Å². The van der Waals surface area contributed by atoms with E-state index in [1.807, 2.05) is 41.0 Å². The van der Waals surface area contributed by atoms with Crippen molar-refractivity contribution < 1.29 is 13.9 Å². The first-order chi connectivity index (χ1) is 11.8. The molecule has 24 heavy (non-hydrogen) atoms. The Morgan fingerprint density at radius 2 is 1.92 bits per heavy atom. The summed E-state index contributed by atoms with van der Waals surface area (Å²) in [6, 6.07) is 11.3. The topological polar surface area (TPSA) is 62.3 Å². The molecule has 0 N–H and O–H groups in total. The Balaban J connectivity index is 1.55. The van der Waals surface area contributed by atoms with Crippen molar-refractivity contribution in [3.8, 4) is 23.1 Å². The van der Waals surface area contributed by atoms with E-state index in [1.165, 1.54) is 0 Å². The fourth-order valence-corrected chi connectivity index (χ4v) is 3.05. The van der Waals surface area contributed by atoms with E-state index >= 15 is 0 Å². The molecule has 0 amide bonds. The van der Waals surface area contributed by atoms with Gasteiger partial charge in [0, 0.05) is 12.3 Å². The predicted molar refractivity (Wildman–Crippen MR) is 92.6 cm³/mol. The molecule has 2 aromatic heterocycles. The lowest BCUT2D eigenvalue weighted by atomic mass is 10.3. The lowest BCUT2D eigenvalue weighted by molar-refractivity contribution is 0.342. The quantitative estimate of drug-likeness (QED) is 0.458. The molecule has 0 spiro atoms. The molecule has 2 heterocycles. The van der Waals surface area contributed by atoms with Gasteiger partial charge in [-0.2, -0.15) is 0 Å². The van der Waals surface area contributed by atoms with Gasteiger partial charge in [0.1, 0.15) is 11.5 Å². The van der Waals surface area contributed by atoms with Crippen molar-refractivity contribution in [2.75, 3.05) is 19.5 Å². The molecule has 0 aliphatic carbocycles. The summed E-state index contributed by atoms with van der Waals surface area (Å²) in [4.78, 5) is 0. The van der Waals surface area contributed by atoms with Crippen LogP contribution >= 0.6 is 11.8 Å². The molecule has 0 saturated heterocycles. The van der Waals surface area contributed by atoms with Crippen LogP contribution in [0.1, 0.15) is 6.92 Å². The van der Waals surface area contributed by atoms with Crippen molar-refractivity contribution in [2.45, 2.75) is 18.6 Å². The van der Waals surface area contributed by atoms with Crippen LogP contribution in [0, 0.1) is 0 Å². The summed E-state index contributed by atoms with van der Waals surface area (Å²) in [6.45, 7) is 3.43. The van der Waals surface area contributed by atoms with Gasteiger partial charge in [-0.25, -0.2) is 0 Å². The van der Waals surface area contributed by atoms with E-state index in [1.54, 1.807) is 25.1 Å². The molecule has 6 nitrogen and oxygen atoms in total. The van der Waals surface area contributed by atoms with Gasteiger partial charge in [-0.3, -0.25) is 4.57 Å². The Hall–Kier alpha value is -2.41. The second-order valence-electron chi connectivity index (χ2n) is 4.90. The van der Waals surface area contributed by atoms with Crippen LogP contribution in [0.15, 0.2) is 52.2 Å². The molecule has 0 bridgehead atoms. The van der Waals surface area contributed by atoms with Gasteiger partial charge in [0.25, 0.3) is 0 Å². The molecule has 0 saturated carbocycles. The lowest BCUT2D eigenvalue weighted by Gasteiger charge is -2.08. The number of aromatic nitrogens is 3. The Bertz CT molecular complexity index is 754. The first-order valence-corrected chi connectivity index (χ1v) is 8.67. The lowest BCUT2D eigenvalue weighted by Crippen LogP contribution is -2.03. The summed E-state index contributed by atoms with van der Waals surface area (Å²) in [5.41, 5.74) is 0. The first-order valence-electron chi connectivity index (χ1n) is 7.68. The number of furan rings is 1. The van der Waals surface area contributed by atoms with Crippen LogP contribution in [0.5, 0.6) is 11.5 Å². The molecule has 0 aliphatic rings. The van der Waals surface area contributed by atoms with E-state index in [-0.39, 0.29) is 0 Å². The predicted octanol–water partition coefficient (Wildman–Crippen LogP) is 3.74. The average molecular weight is 345 g/mol. The van der Waals surface area contributed by atoms with Crippen molar-refractivity contribution in [3.05, 3.63) is 42.7 Å². The number of methoxy groups -OCH3 is 1. The van der Waals surface area contributed by atoms with Crippen molar-refractivity contribution in [1.29, 1.82) is 0 Å². The number of thioether (sulfide) groups is 1. The number of nitrogens with zero attached hydrogens (tertiary/aromatic N) is 3. The second-order valence-corrected chi connectivity index (χ2v) is 5.96. The minimum Gasteiger partial charge on any atom is -0.497 e. The highest BCUT2D eigenvalue weighted by atomic mass is 32.2. The van der Waals surface area contributed by atoms with Gasteiger partial charge >= 0.3 is 0 Å². The summed E-state index contributed by atoms with van der Waals surface area (Å²) < 4.78 is 18.3. The Labute approximate surface area is 144 Å². The smallest absolute Gasteiger partial charge is 0.200 e. The zero-order valence-corrected chi connectivity index (χ0v) is 14.5. The van der Waals surface area contributed by atoms with Crippen LogP contribution in [0.2, 0.25) is 0 Å². The summed E-state index contributed by atoms with van der Waals surface area (Å²) in [5.74, 6) is 3.90. The Morgan fingerprint density at radius 3 is 2.58 bits per heavy atom. The zero-order chi connectivity index (χ0) is 16.8. The van der Waals surface area contributed by atoms with Crippen LogP contribution in [-0.2, 0) is 6.54 Å². The summed E-state index contributed by atoms with van der Waals surface area (Å²) in [5, 5.41) is 9.35. The monoisotopic (exact) mass is 345 g/mol. The van der Waals surface area contributed by atoms with Crippen LogP contribution in [0.3, 0.4) is 0 Å². The number of hydrogen-bond donors (Lipinski definition) is 0. The third kappa shape index (κ3) is 3.73. The van der Waals surface area contributed by atoms with Gasteiger partial charge in [-0.15, -0.1) is 10.2 Å². The molecular weight excluding hydrogens is 326 g/mol. The molecule has 3 rings (SSSR count). The van der Waals surface area contributed by atoms with E-state index in [0.29, 0.717) is 6.61 Å². The largest absolute Gasteiger partial charge is 0.497 e. The average Bonchev–Trinajstić information content (AvgIpc) is 3.28. The standard InChI is InChI=1S/C17H19N3O3S/c1-3-20-16(15-5-4-10-23-15)18-19-17(20)24-12-11-22-14-8-6-13(21-2)7-9-14/h4-10H,3,11-12H2,1-2H3. The molecular formula is C17H19N3O3S. The first kappa shape index (κ1) is 16.4. The van der Waals surface area contributed by atoms with Gasteiger partial charge in [-0.05, 0) is 43.3 Å². The highest BCUT2D eigenvalue weighted by Gasteiger charge is 2.14. The third-order valence-electron chi connectivity index (χ3n) is 3.42. The van der Waals surface area contributed by atoms with E-state index in [0.717, 1.165) is 40.5 Å². The van der Waals surface area contributed by atoms with Crippen LogP contribution in [0.4, 0.5) is 0 Å². The van der Waals surface area contributed by atoms with Crippen LogP contribution in [0.25, 0.3) is 11.6 Å². The summed E-state index contributed by atoms with van der Waals surface area (Å²) in [7, 11) is 1.65. The highest BCUT2D eigenvalue weighted by Crippen LogP contribution is 2.24. The number of benzene rings is 1. The maximum Gasteiger partial charge on any atom is 0.200 e. The molecule has 0 unspecified atom stereocenters. The minimum atomic E-state index is 0.587. The SMILES string of the molecule is CCn1c(SCCOc2ccc(OC)cc2)nnc1-c1ccco1. The highest BCUT2D eigenvalue weighted by molar-refractivity contribution is 7.99. The van der Waals surface area contributed by atoms with Gasteiger partial charge in [0.15, 0.2) is 16.7 Å². The Kier molecular flexibility index (Phi) is 5.43. The van der Waals surface area contributed by atoms with Crippen LogP contribution in [-0.4, -0.2) is 34.2 Å². The Morgan fingerprint density at radius 1 is 1.12 bits per heavy atom. The molecule has 3 aromatic rings. The van der Waals surface area contributed by atoms with Gasteiger partial charge in [-0.1, -0.05) is 11.8 Å². The molecule has 7 heteroatoms. The van der Waals surface area contributed by atoms with Gasteiger partial charge < -0.3 is 13.9 Å². The van der Waals surface area contributed by atoms with E-state index in [2.05, 4.69) is 17.1 Å². The van der Waals surface area contributed by atoms with Gasteiger partial charge in [0.2, 0.25) is 0 Å². The minimum absolute atomic E-state index is 0.587. The molecule has 0 atom stereocenters. The summed E-state index contributed by atoms with van der Waals surface area (Å²) in [6.07, 6.45) is 1.64.